The number of hydrogen-bond acceptors (Lipinski definition) is 5. The fourth-order valence-electron chi connectivity index (χ4n) is 2.90. The molecule has 2 aromatic heterocycles. The van der Waals surface area contributed by atoms with Crippen LogP contribution in [0.5, 0.6) is 0 Å². The first-order valence-corrected chi connectivity index (χ1v) is 10.1. The van der Waals surface area contributed by atoms with Gasteiger partial charge in [-0.3, -0.25) is 19.9 Å². The Labute approximate surface area is 177 Å². The maximum atomic E-state index is 12.8. The Morgan fingerprint density at radius 1 is 0.867 bits per heavy atom. The van der Waals surface area contributed by atoms with Gasteiger partial charge in [0.2, 0.25) is 0 Å². The van der Waals surface area contributed by atoms with Gasteiger partial charge in [0.1, 0.15) is 5.69 Å². The number of nitrogens with one attached hydrogen (secondary N) is 2. The standard InChI is InChI=1S/C23H18N4O2S/c1-15-7-6-8-16(13-15)21(28)25-18-10-3-2-9-17(18)22(29)27-23-26-20(14-30-23)19-11-4-5-12-24-19/h2-14H,1H3,(H,25,28)(H,26,27,29). The number of carbonyl (C=O) groups is 2. The smallest absolute Gasteiger partial charge is 0.259 e. The third-order valence-electron chi connectivity index (χ3n) is 4.35. The van der Waals surface area contributed by atoms with Crippen molar-refractivity contribution in [1.29, 1.82) is 0 Å². The van der Waals surface area contributed by atoms with Crippen LogP contribution in [-0.4, -0.2) is 21.8 Å². The van der Waals surface area contributed by atoms with Crippen LogP contribution in [-0.2, 0) is 0 Å². The molecule has 0 aliphatic rings. The van der Waals surface area contributed by atoms with E-state index in [4.69, 9.17) is 0 Å². The van der Waals surface area contributed by atoms with Crippen LogP contribution in [0.25, 0.3) is 11.4 Å². The lowest BCUT2D eigenvalue weighted by Crippen LogP contribution is -2.18. The highest BCUT2D eigenvalue weighted by Crippen LogP contribution is 2.25. The molecule has 4 rings (SSSR count). The summed E-state index contributed by atoms with van der Waals surface area (Å²) >= 11 is 1.32. The number of aromatic nitrogens is 2. The predicted octanol–water partition coefficient (Wildman–Crippen LogP) is 5.02. The highest BCUT2D eigenvalue weighted by molar-refractivity contribution is 7.14. The maximum Gasteiger partial charge on any atom is 0.259 e. The summed E-state index contributed by atoms with van der Waals surface area (Å²) in [6.07, 6.45) is 1.69. The summed E-state index contributed by atoms with van der Waals surface area (Å²) in [4.78, 5) is 34.1. The molecule has 0 fully saturated rings. The Kier molecular flexibility index (Phi) is 5.63. The van der Waals surface area contributed by atoms with E-state index in [2.05, 4.69) is 20.6 Å². The van der Waals surface area contributed by atoms with E-state index < -0.39 is 0 Å². The quantitative estimate of drug-likeness (QED) is 0.480. The molecule has 2 heterocycles. The van der Waals surface area contributed by atoms with Gasteiger partial charge in [0.05, 0.1) is 16.9 Å². The number of pyridine rings is 1. The third kappa shape index (κ3) is 4.42. The minimum absolute atomic E-state index is 0.273. The number of hydrogen-bond donors (Lipinski definition) is 2. The maximum absolute atomic E-state index is 12.8. The number of rotatable bonds is 5. The molecule has 0 saturated heterocycles. The second kappa shape index (κ2) is 8.67. The number of para-hydroxylation sites is 1. The van der Waals surface area contributed by atoms with Crippen molar-refractivity contribution in [2.75, 3.05) is 10.6 Å². The normalized spacial score (nSPS) is 10.4. The molecular weight excluding hydrogens is 396 g/mol. The highest BCUT2D eigenvalue weighted by atomic mass is 32.1. The molecule has 0 aliphatic carbocycles. The first-order valence-electron chi connectivity index (χ1n) is 9.25. The summed E-state index contributed by atoms with van der Waals surface area (Å²) in [5.41, 5.74) is 3.74. The number of thiazole rings is 1. The average molecular weight is 414 g/mol. The molecule has 2 N–H and O–H groups in total. The van der Waals surface area contributed by atoms with Crippen LogP contribution in [0.4, 0.5) is 10.8 Å². The molecule has 0 radical (unpaired) electrons. The van der Waals surface area contributed by atoms with E-state index in [-0.39, 0.29) is 11.8 Å². The lowest BCUT2D eigenvalue weighted by atomic mass is 10.1. The van der Waals surface area contributed by atoms with Crippen molar-refractivity contribution in [3.05, 3.63) is 95.0 Å². The van der Waals surface area contributed by atoms with Crippen LogP contribution in [0, 0.1) is 6.92 Å². The number of anilines is 2. The van der Waals surface area contributed by atoms with Crippen molar-refractivity contribution in [1.82, 2.24) is 9.97 Å². The number of carbonyl (C=O) groups excluding carboxylic acids is 2. The van der Waals surface area contributed by atoms with Gasteiger partial charge in [-0.1, -0.05) is 35.9 Å². The van der Waals surface area contributed by atoms with Gasteiger partial charge in [-0.05, 0) is 43.3 Å². The number of benzene rings is 2. The molecule has 2 aromatic carbocycles. The van der Waals surface area contributed by atoms with Crippen LogP contribution in [0.15, 0.2) is 78.3 Å². The Bertz CT molecular complexity index is 1200. The van der Waals surface area contributed by atoms with Crippen LogP contribution in [0.1, 0.15) is 26.3 Å². The summed E-state index contributed by atoms with van der Waals surface area (Å²) in [7, 11) is 0. The number of aryl methyl sites for hydroxylation is 1. The van der Waals surface area contributed by atoms with Gasteiger partial charge in [-0.15, -0.1) is 11.3 Å². The van der Waals surface area contributed by atoms with E-state index in [0.29, 0.717) is 27.6 Å². The average Bonchev–Trinajstić information content (AvgIpc) is 3.23. The van der Waals surface area contributed by atoms with E-state index >= 15 is 0 Å². The molecule has 0 bridgehead atoms. The van der Waals surface area contributed by atoms with Crippen molar-refractivity contribution >= 4 is 34.0 Å². The predicted molar refractivity (Wildman–Crippen MR) is 119 cm³/mol. The Morgan fingerprint density at radius 3 is 2.50 bits per heavy atom. The molecule has 4 aromatic rings. The molecule has 6 nitrogen and oxygen atoms in total. The van der Waals surface area contributed by atoms with Crippen molar-refractivity contribution in [3.63, 3.8) is 0 Å². The first kappa shape index (κ1) is 19.5. The lowest BCUT2D eigenvalue weighted by molar-refractivity contribution is 0.102. The molecule has 0 atom stereocenters. The second-order valence-corrected chi connectivity index (χ2v) is 7.43. The van der Waals surface area contributed by atoms with Gasteiger partial charge >= 0.3 is 0 Å². The van der Waals surface area contributed by atoms with Gasteiger partial charge in [0.25, 0.3) is 11.8 Å². The zero-order valence-corrected chi connectivity index (χ0v) is 16.9. The molecule has 7 heteroatoms. The molecule has 2 amide bonds. The minimum Gasteiger partial charge on any atom is -0.321 e. The van der Waals surface area contributed by atoms with Crippen molar-refractivity contribution in [3.8, 4) is 11.4 Å². The molecule has 0 spiro atoms. The molecular formula is C23H18N4O2S. The van der Waals surface area contributed by atoms with Crippen LogP contribution < -0.4 is 10.6 Å². The van der Waals surface area contributed by atoms with Crippen LogP contribution in [0.2, 0.25) is 0 Å². The second-order valence-electron chi connectivity index (χ2n) is 6.58. The zero-order chi connectivity index (χ0) is 20.9. The Morgan fingerprint density at radius 2 is 1.70 bits per heavy atom. The summed E-state index contributed by atoms with van der Waals surface area (Å²) in [5, 5.41) is 7.92. The van der Waals surface area contributed by atoms with Crippen molar-refractivity contribution < 1.29 is 9.59 Å². The summed E-state index contributed by atoms with van der Waals surface area (Å²) in [5.74, 6) is -0.623. The Balaban J connectivity index is 1.51. The monoisotopic (exact) mass is 414 g/mol. The minimum atomic E-state index is -0.350. The molecule has 148 valence electrons. The van der Waals surface area contributed by atoms with Gasteiger partial charge < -0.3 is 5.32 Å². The number of amides is 2. The van der Waals surface area contributed by atoms with E-state index in [1.54, 1.807) is 42.6 Å². The summed E-state index contributed by atoms with van der Waals surface area (Å²) < 4.78 is 0. The topological polar surface area (TPSA) is 84.0 Å². The van der Waals surface area contributed by atoms with Gasteiger partial charge in [0, 0.05) is 17.1 Å². The number of nitrogens with zero attached hydrogens (tertiary/aromatic N) is 2. The van der Waals surface area contributed by atoms with Crippen molar-refractivity contribution in [2.24, 2.45) is 0 Å². The van der Waals surface area contributed by atoms with Gasteiger partial charge in [0.15, 0.2) is 5.13 Å². The molecule has 0 unspecified atom stereocenters. The fourth-order valence-corrected chi connectivity index (χ4v) is 3.60. The van der Waals surface area contributed by atoms with E-state index in [1.807, 2.05) is 42.6 Å². The molecule has 0 aliphatic heterocycles. The fraction of sp³-hybridized carbons (Fsp3) is 0.0435. The van der Waals surface area contributed by atoms with Crippen LogP contribution in [0.3, 0.4) is 0 Å². The Hall–Kier alpha value is -3.84. The lowest BCUT2D eigenvalue weighted by Gasteiger charge is -2.11. The first-order chi connectivity index (χ1) is 14.6. The van der Waals surface area contributed by atoms with Crippen molar-refractivity contribution in [2.45, 2.75) is 6.92 Å². The molecule has 0 saturated carbocycles. The summed E-state index contributed by atoms with van der Waals surface area (Å²) in [6, 6.07) is 19.7. The van der Waals surface area contributed by atoms with E-state index in [1.165, 1.54) is 11.3 Å². The van der Waals surface area contributed by atoms with Crippen LogP contribution >= 0.6 is 11.3 Å². The highest BCUT2D eigenvalue weighted by Gasteiger charge is 2.16. The van der Waals surface area contributed by atoms with Gasteiger partial charge in [-0.2, -0.15) is 0 Å². The third-order valence-corrected chi connectivity index (χ3v) is 5.11. The summed E-state index contributed by atoms with van der Waals surface area (Å²) in [6.45, 7) is 1.92. The van der Waals surface area contributed by atoms with E-state index in [9.17, 15) is 9.59 Å². The largest absolute Gasteiger partial charge is 0.321 e. The zero-order valence-electron chi connectivity index (χ0n) is 16.1. The van der Waals surface area contributed by atoms with Gasteiger partial charge in [-0.25, -0.2) is 4.98 Å². The SMILES string of the molecule is Cc1cccc(C(=O)Nc2ccccc2C(=O)Nc2nc(-c3ccccn3)cs2)c1. The molecule has 30 heavy (non-hydrogen) atoms. The van der Waals surface area contributed by atoms with E-state index in [0.717, 1.165) is 11.3 Å².